The molecule has 0 aromatic carbocycles. The van der Waals surface area contributed by atoms with E-state index in [0.717, 1.165) is 18.5 Å². The number of rotatable bonds is 10. The zero-order valence-corrected chi connectivity index (χ0v) is 17.2. The molecule has 0 aromatic rings. The van der Waals surface area contributed by atoms with E-state index < -0.39 is 38.1 Å². The smallest absolute Gasteiger partial charge is 0.425 e. The average Bonchev–Trinajstić information content (AvgIpc) is 2.41. The second-order valence-electron chi connectivity index (χ2n) is 4.08. The molecule has 1 heterocycles. The highest BCUT2D eigenvalue weighted by Crippen LogP contribution is 2.20. The van der Waals surface area contributed by atoms with Crippen LogP contribution in [0.3, 0.4) is 0 Å². The quantitative estimate of drug-likeness (QED) is 0.509. The highest BCUT2D eigenvalue weighted by molar-refractivity contribution is 6.62. The van der Waals surface area contributed by atoms with E-state index >= 15 is 0 Å². The average molecular weight is 343 g/mol. The molecule has 1 aliphatic heterocycles. The van der Waals surface area contributed by atoms with Crippen LogP contribution in [0.2, 0.25) is 12.1 Å². The zero-order chi connectivity index (χ0) is 14.0. The summed E-state index contributed by atoms with van der Waals surface area (Å²) in [5, 5.41) is 0. The van der Waals surface area contributed by atoms with Gasteiger partial charge in [0.05, 0.1) is 0 Å². The lowest BCUT2D eigenvalue weighted by molar-refractivity contribution is 0.0711. The normalized spacial score (nSPS) is 23.2. The molecule has 1 rings (SSSR count). The van der Waals surface area contributed by atoms with Crippen molar-refractivity contribution in [2.45, 2.75) is 39.3 Å². The summed E-state index contributed by atoms with van der Waals surface area (Å²) in [6.07, 6.45) is 0.992. The Bertz CT molecular complexity index is 212. The maximum absolute atomic E-state index is 5.82. The van der Waals surface area contributed by atoms with Crippen LogP contribution in [0.15, 0.2) is 0 Å². The van der Waals surface area contributed by atoms with Gasteiger partial charge in [-0.15, -0.1) is 0 Å². The van der Waals surface area contributed by atoms with E-state index in [-0.39, 0.29) is 0 Å². The molecule has 0 amide bonds. The van der Waals surface area contributed by atoms with E-state index in [9.17, 15) is 0 Å². The molecule has 6 nitrogen and oxygen atoms in total. The minimum Gasteiger partial charge on any atom is -0.425 e. The van der Waals surface area contributed by atoms with Crippen LogP contribution < -0.4 is 0 Å². The number of hydrogen-bond donors (Lipinski definition) is 0. The molecule has 0 spiro atoms. The van der Waals surface area contributed by atoms with Gasteiger partial charge in [-0.1, -0.05) is 0 Å². The molecule has 0 aliphatic carbocycles. The molecule has 114 valence electrons. The van der Waals surface area contributed by atoms with Crippen molar-refractivity contribution < 1.29 is 25.6 Å². The molecule has 0 unspecified atom stereocenters. The van der Waals surface area contributed by atoms with Crippen LogP contribution in [0.4, 0.5) is 0 Å². The summed E-state index contributed by atoms with van der Waals surface area (Å²) in [6, 6.07) is 1.86. The van der Waals surface area contributed by atoms with E-state index in [1.807, 2.05) is 20.8 Å². The van der Waals surface area contributed by atoms with Gasteiger partial charge in [0, 0.05) is 25.9 Å². The molecule has 10 heteroatoms. The predicted octanol–water partition coefficient (Wildman–Crippen LogP) is -0.294. The third kappa shape index (κ3) is 6.75. The van der Waals surface area contributed by atoms with E-state index in [2.05, 4.69) is 0 Å². The van der Waals surface area contributed by atoms with Gasteiger partial charge < -0.3 is 25.6 Å². The van der Waals surface area contributed by atoms with Gasteiger partial charge in [0.1, 0.15) is 0 Å². The Morgan fingerprint density at radius 3 is 1.95 bits per heavy atom. The molecule has 1 fully saturated rings. The first-order valence-electron chi connectivity index (χ1n) is 6.99. The molecule has 0 saturated carbocycles. The first-order valence-corrected chi connectivity index (χ1v) is 13.0. The van der Waals surface area contributed by atoms with E-state index in [1.165, 1.54) is 0 Å². The van der Waals surface area contributed by atoms with Gasteiger partial charge >= 0.3 is 18.1 Å². The van der Waals surface area contributed by atoms with Crippen molar-refractivity contribution in [3.63, 3.8) is 0 Å². The van der Waals surface area contributed by atoms with Gasteiger partial charge in [0.2, 0.25) is 0 Å². The van der Waals surface area contributed by atoms with Crippen molar-refractivity contribution in [3.8, 4) is 0 Å². The predicted molar refractivity (Wildman–Crippen MR) is 82.4 cm³/mol. The molecular formula is C9H26O6Si4. The molecule has 0 N–H and O–H groups in total. The molecular weight excluding hydrogens is 316 g/mol. The Hall–Kier alpha value is 0.628. The summed E-state index contributed by atoms with van der Waals surface area (Å²) in [4.78, 5) is 0. The molecule has 1 aliphatic rings. The Kier molecular flexibility index (Phi) is 9.65. The molecule has 19 heavy (non-hydrogen) atoms. The van der Waals surface area contributed by atoms with Crippen molar-refractivity contribution in [1.82, 2.24) is 0 Å². The van der Waals surface area contributed by atoms with E-state index in [1.54, 1.807) is 0 Å². The van der Waals surface area contributed by atoms with Crippen molar-refractivity contribution >= 4 is 38.1 Å². The summed E-state index contributed by atoms with van der Waals surface area (Å²) < 4.78 is 34.0. The van der Waals surface area contributed by atoms with Crippen LogP contribution >= 0.6 is 0 Å². The van der Waals surface area contributed by atoms with Gasteiger partial charge in [0.15, 0.2) is 0 Å². The van der Waals surface area contributed by atoms with Crippen LogP contribution in [0.1, 0.15) is 27.2 Å². The fraction of sp³-hybridized carbons (Fsp3) is 1.00. The Morgan fingerprint density at radius 1 is 0.947 bits per heavy atom. The molecule has 1 saturated heterocycles. The third-order valence-corrected chi connectivity index (χ3v) is 12.1. The van der Waals surface area contributed by atoms with Crippen molar-refractivity contribution in [2.75, 3.05) is 19.8 Å². The lowest BCUT2D eigenvalue weighted by atomic mass is 10.6. The summed E-state index contributed by atoms with van der Waals surface area (Å²) in [6.45, 7) is 7.85. The van der Waals surface area contributed by atoms with Crippen molar-refractivity contribution in [2.24, 2.45) is 0 Å². The topological polar surface area (TPSA) is 55.4 Å². The Balaban J connectivity index is 2.36. The first-order chi connectivity index (χ1) is 9.26. The van der Waals surface area contributed by atoms with Crippen LogP contribution in [0.25, 0.3) is 0 Å². The maximum atomic E-state index is 5.82. The minimum atomic E-state index is -2.48. The largest absolute Gasteiger partial charge is 0.500 e. The fourth-order valence-electron chi connectivity index (χ4n) is 1.98. The second kappa shape index (κ2) is 10.4. The number of hydrogen-bond acceptors (Lipinski definition) is 6. The third-order valence-electron chi connectivity index (χ3n) is 2.69. The molecule has 0 radical (unpaired) electrons. The molecule has 0 atom stereocenters. The lowest BCUT2D eigenvalue weighted by Gasteiger charge is -2.29. The highest BCUT2D eigenvalue weighted by Gasteiger charge is 2.40. The zero-order valence-electron chi connectivity index (χ0n) is 12.2. The van der Waals surface area contributed by atoms with Gasteiger partial charge in [-0.05, 0) is 33.2 Å². The maximum Gasteiger partial charge on any atom is 0.500 e. The van der Waals surface area contributed by atoms with Crippen LogP contribution in [-0.4, -0.2) is 57.9 Å². The van der Waals surface area contributed by atoms with E-state index in [4.69, 9.17) is 25.6 Å². The van der Waals surface area contributed by atoms with Crippen LogP contribution in [-0.2, 0) is 25.6 Å². The van der Waals surface area contributed by atoms with Crippen LogP contribution in [0, 0.1) is 0 Å². The Labute approximate surface area is 123 Å². The van der Waals surface area contributed by atoms with Gasteiger partial charge in [-0.2, -0.15) is 0 Å². The van der Waals surface area contributed by atoms with E-state index in [0.29, 0.717) is 19.8 Å². The minimum absolute atomic E-state index is 0.633. The van der Waals surface area contributed by atoms with Gasteiger partial charge in [-0.25, -0.2) is 0 Å². The summed E-state index contributed by atoms with van der Waals surface area (Å²) >= 11 is 0. The second-order valence-corrected chi connectivity index (χ2v) is 13.0. The SMILES string of the molecule is CCO[Si](CCC[SiH]1O[SiH2]O[SiH2]O1)(OCC)OCC. The summed E-state index contributed by atoms with van der Waals surface area (Å²) in [5.41, 5.74) is 0. The summed E-state index contributed by atoms with van der Waals surface area (Å²) in [7, 11) is -5.33. The monoisotopic (exact) mass is 342 g/mol. The highest BCUT2D eigenvalue weighted by atomic mass is 28.4. The standard InChI is InChI=1S/C9H26O6Si4/c1-4-10-19(11-5-2,12-6-3)9-7-8-18-14-16-13-17-15-18/h18H,4-9,16-17H2,1-3H3. The molecule has 0 aromatic heterocycles. The van der Waals surface area contributed by atoms with Crippen molar-refractivity contribution in [1.29, 1.82) is 0 Å². The fourth-order valence-corrected chi connectivity index (χ4v) is 12.1. The Morgan fingerprint density at radius 2 is 1.47 bits per heavy atom. The van der Waals surface area contributed by atoms with Gasteiger partial charge in [0.25, 0.3) is 20.0 Å². The summed E-state index contributed by atoms with van der Waals surface area (Å²) in [5.74, 6) is 0. The molecule has 0 bridgehead atoms. The van der Waals surface area contributed by atoms with Crippen LogP contribution in [0.5, 0.6) is 0 Å². The first kappa shape index (κ1) is 17.7. The van der Waals surface area contributed by atoms with Gasteiger partial charge in [-0.3, -0.25) is 0 Å². The van der Waals surface area contributed by atoms with Crippen molar-refractivity contribution in [3.05, 3.63) is 0 Å². The lowest BCUT2D eigenvalue weighted by Crippen LogP contribution is -2.46.